The van der Waals surface area contributed by atoms with Crippen LogP contribution in [0.4, 0.5) is 0 Å². The largest absolute Gasteiger partial charge is 0.462 e. The van der Waals surface area contributed by atoms with Gasteiger partial charge in [0.05, 0.1) is 0 Å². The molecule has 63 heavy (non-hydrogen) atoms. The maximum Gasteiger partial charge on any atom is 0.306 e. The van der Waals surface area contributed by atoms with Crippen LogP contribution >= 0.6 is 0 Å². The van der Waals surface area contributed by atoms with Crippen molar-refractivity contribution >= 4 is 17.9 Å². The van der Waals surface area contributed by atoms with E-state index in [1.54, 1.807) is 0 Å². The minimum atomic E-state index is -0.808. The molecule has 0 saturated carbocycles. The van der Waals surface area contributed by atoms with Gasteiger partial charge in [-0.3, -0.25) is 14.4 Å². The summed E-state index contributed by atoms with van der Waals surface area (Å²) >= 11 is 0. The Balaban J connectivity index is 4.49. The van der Waals surface area contributed by atoms with E-state index in [1.807, 2.05) is 0 Å². The Morgan fingerprint density at radius 1 is 0.317 bits per heavy atom. The molecule has 0 aliphatic carbocycles. The Kier molecular flexibility index (Phi) is 48.9. The summed E-state index contributed by atoms with van der Waals surface area (Å²) in [5.41, 5.74) is 0. The van der Waals surface area contributed by atoms with Crippen LogP contribution in [0.2, 0.25) is 0 Å². The molecule has 0 aromatic rings. The van der Waals surface area contributed by atoms with E-state index in [-0.39, 0.29) is 37.5 Å². The van der Waals surface area contributed by atoms with Gasteiger partial charge in [-0.05, 0) is 96.3 Å². The van der Waals surface area contributed by atoms with E-state index in [0.29, 0.717) is 19.3 Å². The molecule has 362 valence electrons. The molecule has 0 rings (SSSR count). The molecule has 0 saturated heterocycles. The quantitative estimate of drug-likeness (QED) is 0.0262. The van der Waals surface area contributed by atoms with E-state index in [0.717, 1.165) is 77.0 Å². The van der Waals surface area contributed by atoms with Gasteiger partial charge in [0.2, 0.25) is 0 Å². The highest BCUT2D eigenvalue weighted by Crippen LogP contribution is 2.15. The number of allylic oxidation sites excluding steroid dienone is 12. The molecule has 0 aliphatic heterocycles. The lowest BCUT2D eigenvalue weighted by Crippen LogP contribution is -2.30. The van der Waals surface area contributed by atoms with Crippen LogP contribution < -0.4 is 0 Å². The molecule has 0 aliphatic rings. The molecule has 6 nitrogen and oxygen atoms in total. The fourth-order valence-corrected chi connectivity index (χ4v) is 7.16. The number of hydrogen-bond acceptors (Lipinski definition) is 6. The number of ether oxygens (including phenoxy) is 3. The molecule has 0 amide bonds. The van der Waals surface area contributed by atoms with Crippen LogP contribution in [0.15, 0.2) is 72.9 Å². The highest BCUT2D eigenvalue weighted by molar-refractivity contribution is 5.71. The maximum atomic E-state index is 12.8. The van der Waals surface area contributed by atoms with Gasteiger partial charge in [-0.15, -0.1) is 0 Å². The number of esters is 3. The zero-order valence-electron chi connectivity index (χ0n) is 41.3. The molecular weight excluding hydrogens is 781 g/mol. The van der Waals surface area contributed by atoms with E-state index >= 15 is 0 Å². The van der Waals surface area contributed by atoms with Gasteiger partial charge in [0, 0.05) is 19.3 Å². The van der Waals surface area contributed by atoms with Crippen molar-refractivity contribution in [2.75, 3.05) is 13.2 Å². The van der Waals surface area contributed by atoms with E-state index in [1.165, 1.54) is 128 Å². The molecular formula is C57H98O6. The van der Waals surface area contributed by atoms with Gasteiger partial charge in [0.25, 0.3) is 0 Å². The van der Waals surface area contributed by atoms with Crippen molar-refractivity contribution in [2.24, 2.45) is 0 Å². The molecule has 1 atom stereocenters. The smallest absolute Gasteiger partial charge is 0.306 e. The average Bonchev–Trinajstić information content (AvgIpc) is 3.28. The molecule has 0 heterocycles. The van der Waals surface area contributed by atoms with Gasteiger partial charge in [0.1, 0.15) is 13.2 Å². The highest BCUT2D eigenvalue weighted by Gasteiger charge is 2.19. The monoisotopic (exact) mass is 879 g/mol. The fourth-order valence-electron chi connectivity index (χ4n) is 7.16. The van der Waals surface area contributed by atoms with Gasteiger partial charge in [-0.1, -0.05) is 209 Å². The molecule has 0 aromatic heterocycles. The summed E-state index contributed by atoms with van der Waals surface area (Å²) in [6.07, 6.45) is 64.6. The van der Waals surface area contributed by atoms with Gasteiger partial charge >= 0.3 is 17.9 Å². The van der Waals surface area contributed by atoms with Crippen LogP contribution in [-0.2, 0) is 28.6 Å². The van der Waals surface area contributed by atoms with Crippen LogP contribution in [0.1, 0.15) is 252 Å². The minimum absolute atomic E-state index is 0.101. The van der Waals surface area contributed by atoms with E-state index in [9.17, 15) is 14.4 Å². The Labute approximate surface area is 389 Å². The number of carbonyl (C=O) groups excluding carboxylic acids is 3. The summed E-state index contributed by atoms with van der Waals surface area (Å²) < 4.78 is 16.7. The van der Waals surface area contributed by atoms with Crippen molar-refractivity contribution in [3.63, 3.8) is 0 Å². The zero-order valence-corrected chi connectivity index (χ0v) is 41.3. The topological polar surface area (TPSA) is 78.9 Å². The average molecular weight is 879 g/mol. The maximum absolute atomic E-state index is 12.8. The van der Waals surface area contributed by atoms with Crippen molar-refractivity contribution in [3.05, 3.63) is 72.9 Å². The summed E-state index contributed by atoms with van der Waals surface area (Å²) in [6.45, 7) is 6.52. The van der Waals surface area contributed by atoms with E-state index in [2.05, 4.69) is 93.7 Å². The fraction of sp³-hybridized carbons (Fsp3) is 0.737. The number of carbonyl (C=O) groups is 3. The first-order valence-corrected chi connectivity index (χ1v) is 26.4. The standard InChI is InChI=1S/C57H98O6/c1-4-7-10-13-16-19-22-25-28-31-34-37-40-43-46-49-55(58)61-52-54(63-57(60)51-48-45-42-39-36-33-30-27-24-21-18-15-12-9-6-3)53-62-56(59)50-47-44-41-38-35-32-29-26-23-20-17-14-11-8-5-2/h16,18-19,21,25,27-28,30,34,36-37,39,54H,4-15,17,20,22-24,26,29,31-33,35,38,40-53H2,1-3H3/b19-16-,21-18-,28-25-,30-27-,37-34-,39-36-/t54-/m1/s1. The van der Waals surface area contributed by atoms with Gasteiger partial charge < -0.3 is 14.2 Å². The second-order valence-corrected chi connectivity index (χ2v) is 17.4. The van der Waals surface area contributed by atoms with Crippen LogP contribution in [-0.4, -0.2) is 37.2 Å². The van der Waals surface area contributed by atoms with Crippen molar-refractivity contribution in [2.45, 2.75) is 258 Å². The third-order valence-electron chi connectivity index (χ3n) is 11.2. The predicted molar refractivity (Wildman–Crippen MR) is 270 cm³/mol. The van der Waals surface area contributed by atoms with Gasteiger partial charge in [-0.25, -0.2) is 0 Å². The second kappa shape index (κ2) is 51.5. The van der Waals surface area contributed by atoms with Gasteiger partial charge in [0.15, 0.2) is 6.10 Å². The van der Waals surface area contributed by atoms with Crippen LogP contribution in [0.3, 0.4) is 0 Å². The number of unbranched alkanes of at least 4 members (excludes halogenated alkanes) is 24. The molecule has 0 bridgehead atoms. The normalized spacial score (nSPS) is 12.6. The molecule has 0 unspecified atom stereocenters. The summed E-state index contributed by atoms with van der Waals surface area (Å²) in [5, 5.41) is 0. The van der Waals surface area contributed by atoms with Crippen LogP contribution in [0, 0.1) is 0 Å². The molecule has 0 radical (unpaired) electrons. The Morgan fingerprint density at radius 3 is 0.921 bits per heavy atom. The van der Waals surface area contributed by atoms with Crippen molar-refractivity contribution < 1.29 is 28.6 Å². The Bertz CT molecular complexity index is 1190. The van der Waals surface area contributed by atoms with E-state index in [4.69, 9.17) is 14.2 Å². The van der Waals surface area contributed by atoms with E-state index < -0.39 is 6.10 Å². The summed E-state index contributed by atoms with van der Waals surface area (Å²) in [6, 6.07) is 0. The number of hydrogen-bond donors (Lipinski definition) is 0. The third-order valence-corrected chi connectivity index (χ3v) is 11.2. The summed E-state index contributed by atoms with van der Waals surface area (Å²) in [5.74, 6) is -0.976. The van der Waals surface area contributed by atoms with Gasteiger partial charge in [-0.2, -0.15) is 0 Å². The predicted octanol–water partition coefficient (Wildman–Crippen LogP) is 17.4. The van der Waals surface area contributed by atoms with Crippen molar-refractivity contribution in [1.82, 2.24) is 0 Å². The SMILES string of the molecule is CCCCC/C=C\C/C=C\C/C=C\CCCCC(=O)OC[C@H](COC(=O)CCCCCCCCCCCCCCCCC)OC(=O)CCCC/C=C\C/C=C\C/C=C\CCCCC. The Morgan fingerprint density at radius 2 is 0.571 bits per heavy atom. The zero-order chi connectivity index (χ0) is 45.8. The van der Waals surface area contributed by atoms with Crippen LogP contribution in [0.25, 0.3) is 0 Å². The number of rotatable bonds is 47. The van der Waals surface area contributed by atoms with Crippen LogP contribution in [0.5, 0.6) is 0 Å². The summed E-state index contributed by atoms with van der Waals surface area (Å²) in [4.78, 5) is 38.0. The first-order chi connectivity index (χ1) is 31.0. The lowest BCUT2D eigenvalue weighted by Gasteiger charge is -2.18. The third kappa shape index (κ3) is 49.7. The summed E-state index contributed by atoms with van der Waals surface area (Å²) in [7, 11) is 0. The first kappa shape index (κ1) is 59.9. The second-order valence-electron chi connectivity index (χ2n) is 17.4. The highest BCUT2D eigenvalue weighted by atomic mass is 16.6. The van der Waals surface area contributed by atoms with Crippen molar-refractivity contribution in [1.29, 1.82) is 0 Å². The molecule has 0 aromatic carbocycles. The van der Waals surface area contributed by atoms with Crippen molar-refractivity contribution in [3.8, 4) is 0 Å². The Hall–Kier alpha value is -3.15. The minimum Gasteiger partial charge on any atom is -0.462 e. The first-order valence-electron chi connectivity index (χ1n) is 26.4. The molecule has 6 heteroatoms. The lowest BCUT2D eigenvalue weighted by molar-refractivity contribution is -0.167. The molecule has 0 spiro atoms. The molecule has 0 N–H and O–H groups in total. The molecule has 0 fully saturated rings. The lowest BCUT2D eigenvalue weighted by atomic mass is 10.0.